The first-order chi connectivity index (χ1) is 13.7. The summed E-state index contributed by atoms with van der Waals surface area (Å²) in [5, 5.41) is 0. The van der Waals surface area contributed by atoms with Crippen LogP contribution in [0.2, 0.25) is 0 Å². The number of carbonyl (C=O) groups is 1. The molecule has 0 spiro atoms. The van der Waals surface area contributed by atoms with E-state index in [0.29, 0.717) is 11.7 Å². The quantitative estimate of drug-likeness (QED) is 0.355. The van der Waals surface area contributed by atoms with Gasteiger partial charge in [0.1, 0.15) is 5.75 Å². The van der Waals surface area contributed by atoms with Gasteiger partial charge in [-0.3, -0.25) is 0 Å². The van der Waals surface area contributed by atoms with Crippen LogP contribution in [0.15, 0.2) is 48.5 Å². The second-order valence-corrected chi connectivity index (χ2v) is 8.23. The lowest BCUT2D eigenvalue weighted by atomic mass is 9.76. The normalized spacial score (nSPS) is 19.4. The van der Waals surface area contributed by atoms with E-state index in [0.717, 1.165) is 24.3 Å². The third kappa shape index (κ3) is 5.47. The number of hydrogen-bond donors (Lipinski definition) is 0. The highest BCUT2D eigenvalue weighted by molar-refractivity contribution is 5.92. The van der Waals surface area contributed by atoms with Crippen LogP contribution >= 0.6 is 0 Å². The van der Waals surface area contributed by atoms with Crippen molar-refractivity contribution in [1.82, 2.24) is 0 Å². The number of hydrogen-bond acceptors (Lipinski definition) is 2. The smallest absolute Gasteiger partial charge is 0.343 e. The van der Waals surface area contributed by atoms with Crippen LogP contribution in [-0.2, 0) is 6.42 Å². The van der Waals surface area contributed by atoms with E-state index in [2.05, 4.69) is 38.1 Å². The minimum Gasteiger partial charge on any atom is -0.423 e. The second-order valence-electron chi connectivity index (χ2n) is 8.23. The first kappa shape index (κ1) is 20.6. The summed E-state index contributed by atoms with van der Waals surface area (Å²) in [6.07, 6.45) is 11.1. The van der Waals surface area contributed by atoms with Gasteiger partial charge in [0.2, 0.25) is 0 Å². The fourth-order valence-electron chi connectivity index (χ4n) is 4.47. The highest BCUT2D eigenvalue weighted by atomic mass is 16.5. The van der Waals surface area contributed by atoms with Gasteiger partial charge in [-0.1, -0.05) is 69.9 Å². The molecule has 0 saturated heterocycles. The van der Waals surface area contributed by atoms with Gasteiger partial charge < -0.3 is 4.74 Å². The van der Waals surface area contributed by atoms with Crippen molar-refractivity contribution < 1.29 is 9.53 Å². The summed E-state index contributed by atoms with van der Waals surface area (Å²) in [5.74, 6) is 1.75. The van der Waals surface area contributed by atoms with Crippen LogP contribution in [0, 0.1) is 5.92 Å². The summed E-state index contributed by atoms with van der Waals surface area (Å²) in [4.78, 5) is 12.9. The minimum atomic E-state index is -0.230. The summed E-state index contributed by atoms with van der Waals surface area (Å²) >= 11 is 0. The van der Waals surface area contributed by atoms with E-state index < -0.39 is 0 Å². The molecule has 28 heavy (non-hydrogen) atoms. The summed E-state index contributed by atoms with van der Waals surface area (Å²) in [5.41, 5.74) is 3.18. The van der Waals surface area contributed by atoms with Crippen LogP contribution in [-0.4, -0.2) is 5.97 Å². The Morgan fingerprint density at radius 2 is 1.64 bits per heavy atom. The van der Waals surface area contributed by atoms with Gasteiger partial charge in [-0.05, 0) is 73.3 Å². The predicted octanol–water partition coefficient (Wildman–Crippen LogP) is 7.32. The molecule has 0 atom stereocenters. The molecule has 0 N–H and O–H groups in total. The monoisotopic (exact) mass is 378 g/mol. The Hall–Kier alpha value is -2.09. The van der Waals surface area contributed by atoms with Gasteiger partial charge in [-0.2, -0.15) is 0 Å². The summed E-state index contributed by atoms with van der Waals surface area (Å²) in [6, 6.07) is 16.0. The zero-order chi connectivity index (χ0) is 19.8. The maximum Gasteiger partial charge on any atom is 0.343 e. The number of esters is 1. The van der Waals surface area contributed by atoms with Gasteiger partial charge in [-0.25, -0.2) is 4.79 Å². The van der Waals surface area contributed by atoms with Gasteiger partial charge in [0, 0.05) is 0 Å². The van der Waals surface area contributed by atoms with Crippen molar-refractivity contribution in [2.45, 2.75) is 77.6 Å². The molecule has 150 valence electrons. The molecule has 0 bridgehead atoms. The van der Waals surface area contributed by atoms with Crippen LogP contribution in [0.1, 0.15) is 92.6 Å². The van der Waals surface area contributed by atoms with Crippen LogP contribution in [0.3, 0.4) is 0 Å². The third-order valence-corrected chi connectivity index (χ3v) is 6.11. The standard InChI is InChI=1S/C26H34O2/c1-3-5-9-21-12-16-22(17-13-21)24-10-6-7-11-25(24)26(27)28-23-18-14-20(8-4-2)15-19-23/h6-7,10-11,14-15,18-19,21-22H,3-5,8-9,12-13,16-17H2,1-2H3. The van der Waals surface area contributed by atoms with E-state index in [4.69, 9.17) is 4.74 Å². The maximum atomic E-state index is 12.9. The predicted molar refractivity (Wildman–Crippen MR) is 116 cm³/mol. The number of carbonyl (C=O) groups excluding carboxylic acids is 1. The number of unbranched alkanes of at least 4 members (excludes halogenated alkanes) is 1. The van der Waals surface area contributed by atoms with Crippen molar-refractivity contribution in [2.75, 3.05) is 0 Å². The molecule has 0 heterocycles. The zero-order valence-corrected chi connectivity index (χ0v) is 17.5. The molecule has 0 radical (unpaired) electrons. The van der Waals surface area contributed by atoms with E-state index in [-0.39, 0.29) is 5.97 Å². The van der Waals surface area contributed by atoms with Gasteiger partial charge >= 0.3 is 5.97 Å². The average Bonchev–Trinajstić information content (AvgIpc) is 2.74. The molecule has 1 aliphatic carbocycles. The molecule has 0 unspecified atom stereocenters. The molecule has 2 heteroatoms. The third-order valence-electron chi connectivity index (χ3n) is 6.11. The molecule has 0 aliphatic heterocycles. The highest BCUT2D eigenvalue weighted by Gasteiger charge is 2.25. The Morgan fingerprint density at radius 1 is 0.929 bits per heavy atom. The van der Waals surface area contributed by atoms with Crippen LogP contribution in [0.5, 0.6) is 5.75 Å². The molecule has 2 aromatic carbocycles. The highest BCUT2D eigenvalue weighted by Crippen LogP contribution is 2.39. The van der Waals surface area contributed by atoms with E-state index in [1.165, 1.54) is 56.1 Å². The molecule has 2 aromatic rings. The van der Waals surface area contributed by atoms with Crippen molar-refractivity contribution in [3.8, 4) is 5.75 Å². The fourth-order valence-corrected chi connectivity index (χ4v) is 4.47. The van der Waals surface area contributed by atoms with E-state index in [9.17, 15) is 4.79 Å². The number of ether oxygens (including phenoxy) is 1. The molecule has 1 saturated carbocycles. The van der Waals surface area contributed by atoms with Gasteiger partial charge in [0.25, 0.3) is 0 Å². The molecule has 0 amide bonds. The Kier molecular flexibility index (Phi) is 7.71. The lowest BCUT2D eigenvalue weighted by Crippen LogP contribution is -2.18. The lowest BCUT2D eigenvalue weighted by Gasteiger charge is -2.29. The van der Waals surface area contributed by atoms with Crippen molar-refractivity contribution >= 4 is 5.97 Å². The van der Waals surface area contributed by atoms with Crippen molar-refractivity contribution in [2.24, 2.45) is 5.92 Å². The molecule has 3 rings (SSSR count). The molecular weight excluding hydrogens is 344 g/mol. The number of rotatable bonds is 8. The molecular formula is C26H34O2. The molecule has 1 aliphatic rings. The Labute approximate surface area is 170 Å². The van der Waals surface area contributed by atoms with Crippen LogP contribution < -0.4 is 4.74 Å². The lowest BCUT2D eigenvalue weighted by molar-refractivity contribution is 0.0732. The zero-order valence-electron chi connectivity index (χ0n) is 17.5. The second kappa shape index (κ2) is 10.5. The topological polar surface area (TPSA) is 26.3 Å². The first-order valence-electron chi connectivity index (χ1n) is 11.1. The van der Waals surface area contributed by atoms with Crippen molar-refractivity contribution in [1.29, 1.82) is 0 Å². The average molecular weight is 379 g/mol. The summed E-state index contributed by atoms with van der Waals surface area (Å²) < 4.78 is 5.70. The Balaban J connectivity index is 1.65. The molecule has 0 aromatic heterocycles. The van der Waals surface area contributed by atoms with Gasteiger partial charge in [0.15, 0.2) is 0 Å². The minimum absolute atomic E-state index is 0.230. The number of aryl methyl sites for hydroxylation is 1. The first-order valence-corrected chi connectivity index (χ1v) is 11.1. The Morgan fingerprint density at radius 3 is 2.32 bits per heavy atom. The van der Waals surface area contributed by atoms with Gasteiger partial charge in [-0.15, -0.1) is 0 Å². The van der Waals surface area contributed by atoms with E-state index in [1.54, 1.807) is 0 Å². The fraction of sp³-hybridized carbons (Fsp3) is 0.500. The van der Waals surface area contributed by atoms with E-state index in [1.807, 2.05) is 24.3 Å². The maximum absolute atomic E-state index is 12.9. The van der Waals surface area contributed by atoms with Gasteiger partial charge in [0.05, 0.1) is 5.56 Å². The van der Waals surface area contributed by atoms with Crippen molar-refractivity contribution in [3.63, 3.8) is 0 Å². The molecule has 1 fully saturated rings. The van der Waals surface area contributed by atoms with Crippen molar-refractivity contribution in [3.05, 3.63) is 65.2 Å². The largest absolute Gasteiger partial charge is 0.423 e. The molecule has 2 nitrogen and oxygen atoms in total. The number of benzene rings is 2. The Bertz CT molecular complexity index is 739. The van der Waals surface area contributed by atoms with E-state index >= 15 is 0 Å². The van der Waals surface area contributed by atoms with Crippen LogP contribution in [0.25, 0.3) is 0 Å². The summed E-state index contributed by atoms with van der Waals surface area (Å²) in [7, 11) is 0. The SMILES string of the molecule is CCCCC1CCC(c2ccccc2C(=O)Oc2ccc(CCC)cc2)CC1. The summed E-state index contributed by atoms with van der Waals surface area (Å²) in [6.45, 7) is 4.44. The van der Waals surface area contributed by atoms with Crippen LogP contribution in [0.4, 0.5) is 0 Å².